The largest absolute Gasteiger partial charge is 0.383 e. The van der Waals surface area contributed by atoms with Crippen LogP contribution >= 0.6 is 0 Å². The number of amides is 1. The fraction of sp³-hybridized carbons (Fsp3) is 0.462. The van der Waals surface area contributed by atoms with E-state index in [0.29, 0.717) is 12.2 Å². The third kappa shape index (κ3) is 4.98. The van der Waals surface area contributed by atoms with Crippen LogP contribution in [0.25, 0.3) is 0 Å². The van der Waals surface area contributed by atoms with Crippen molar-refractivity contribution in [3.05, 3.63) is 33.9 Å². The molecule has 0 saturated carbocycles. The Morgan fingerprint density at radius 3 is 2.65 bits per heavy atom. The molecule has 23 heavy (non-hydrogen) atoms. The maximum absolute atomic E-state index is 12.4. The molecule has 1 N–H and O–H groups in total. The van der Waals surface area contributed by atoms with Crippen LogP contribution in [0.3, 0.4) is 0 Å². The number of ether oxygens (including phenoxy) is 1. The van der Waals surface area contributed by atoms with Gasteiger partial charge >= 0.3 is 0 Å². The smallest absolute Gasteiger partial charge is 0.273 e. The van der Waals surface area contributed by atoms with Gasteiger partial charge in [-0.2, -0.15) is 4.31 Å². The van der Waals surface area contributed by atoms with E-state index in [1.54, 1.807) is 0 Å². The van der Waals surface area contributed by atoms with Crippen molar-refractivity contribution in [3.63, 3.8) is 0 Å². The van der Waals surface area contributed by atoms with Crippen molar-refractivity contribution in [2.45, 2.75) is 11.8 Å². The van der Waals surface area contributed by atoms with Gasteiger partial charge in [0.25, 0.3) is 5.69 Å². The number of aryl methyl sites for hydroxylation is 1. The van der Waals surface area contributed by atoms with Crippen LogP contribution in [-0.2, 0) is 19.6 Å². The van der Waals surface area contributed by atoms with Crippen LogP contribution < -0.4 is 5.32 Å². The van der Waals surface area contributed by atoms with E-state index in [1.165, 1.54) is 33.2 Å². The molecule has 1 aromatic carbocycles. The van der Waals surface area contributed by atoms with Crippen molar-refractivity contribution >= 4 is 21.6 Å². The molecule has 0 heterocycles. The topological polar surface area (TPSA) is 119 Å². The van der Waals surface area contributed by atoms with Crippen molar-refractivity contribution in [3.8, 4) is 0 Å². The van der Waals surface area contributed by atoms with Crippen LogP contribution in [0.15, 0.2) is 23.1 Å². The number of sulfonamides is 1. The summed E-state index contributed by atoms with van der Waals surface area (Å²) in [7, 11) is -1.29. The summed E-state index contributed by atoms with van der Waals surface area (Å²) in [5.41, 5.74) is 0.0675. The van der Waals surface area contributed by atoms with Crippen molar-refractivity contribution in [2.24, 2.45) is 0 Å². The van der Waals surface area contributed by atoms with E-state index < -0.39 is 27.4 Å². The number of nitrogens with zero attached hydrogens (tertiary/aromatic N) is 2. The van der Waals surface area contributed by atoms with E-state index in [2.05, 4.69) is 5.32 Å². The number of nitro benzene ring substituents is 1. The summed E-state index contributed by atoms with van der Waals surface area (Å²) in [4.78, 5) is 21.7. The first-order valence-electron chi connectivity index (χ1n) is 6.67. The van der Waals surface area contributed by atoms with Gasteiger partial charge in [-0.15, -0.1) is 0 Å². The van der Waals surface area contributed by atoms with Gasteiger partial charge in [0.1, 0.15) is 0 Å². The van der Waals surface area contributed by atoms with Gasteiger partial charge in [-0.25, -0.2) is 8.42 Å². The summed E-state index contributed by atoms with van der Waals surface area (Å²) < 4.78 is 30.4. The Hall–Kier alpha value is -2.04. The molecule has 0 radical (unpaired) electrons. The van der Waals surface area contributed by atoms with Crippen LogP contribution in [0, 0.1) is 17.0 Å². The summed E-state index contributed by atoms with van der Waals surface area (Å²) in [5, 5.41) is 13.4. The van der Waals surface area contributed by atoms with E-state index in [-0.39, 0.29) is 17.1 Å². The highest BCUT2D eigenvalue weighted by Crippen LogP contribution is 2.23. The van der Waals surface area contributed by atoms with Crippen molar-refractivity contribution in [2.75, 3.05) is 33.9 Å². The number of carbonyl (C=O) groups excluding carboxylic acids is 1. The van der Waals surface area contributed by atoms with Gasteiger partial charge in [0.2, 0.25) is 15.9 Å². The first kappa shape index (κ1) is 19.0. The van der Waals surface area contributed by atoms with Crippen LogP contribution in [0.4, 0.5) is 5.69 Å². The Morgan fingerprint density at radius 2 is 2.09 bits per heavy atom. The second kappa shape index (κ2) is 7.99. The van der Waals surface area contributed by atoms with Gasteiger partial charge in [0.15, 0.2) is 0 Å². The van der Waals surface area contributed by atoms with Crippen LogP contribution in [0.1, 0.15) is 5.56 Å². The van der Waals surface area contributed by atoms with E-state index in [9.17, 15) is 23.3 Å². The lowest BCUT2D eigenvalue weighted by Gasteiger charge is -2.17. The lowest BCUT2D eigenvalue weighted by Crippen LogP contribution is -2.39. The molecule has 0 aliphatic carbocycles. The number of nitro groups is 1. The molecule has 128 valence electrons. The molecule has 1 aromatic rings. The monoisotopic (exact) mass is 345 g/mol. The molecule has 0 atom stereocenters. The van der Waals surface area contributed by atoms with E-state index in [4.69, 9.17) is 4.74 Å². The molecule has 10 heteroatoms. The molecule has 9 nitrogen and oxygen atoms in total. The molecule has 0 aromatic heterocycles. The molecule has 1 rings (SSSR count). The van der Waals surface area contributed by atoms with Crippen LogP contribution in [-0.4, -0.2) is 57.4 Å². The fourth-order valence-corrected chi connectivity index (χ4v) is 2.91. The number of carbonyl (C=O) groups is 1. The third-order valence-electron chi connectivity index (χ3n) is 3.08. The average molecular weight is 345 g/mol. The van der Waals surface area contributed by atoms with Gasteiger partial charge in [-0.1, -0.05) is 6.07 Å². The maximum atomic E-state index is 12.4. The summed E-state index contributed by atoms with van der Waals surface area (Å²) >= 11 is 0. The van der Waals surface area contributed by atoms with Crippen LogP contribution in [0.5, 0.6) is 0 Å². The number of benzene rings is 1. The van der Waals surface area contributed by atoms with Gasteiger partial charge in [-0.3, -0.25) is 14.9 Å². The standard InChI is InChI=1S/C13H19N3O6S/c1-10-4-5-11(8-12(10)16(18)19)23(20,21)15(2)9-13(17)14-6-7-22-3/h4-5,8H,6-7,9H2,1-3H3,(H,14,17). The predicted octanol–water partition coefficient (Wildman–Crippen LogP) is 0.286. The molecule has 0 bridgehead atoms. The third-order valence-corrected chi connectivity index (χ3v) is 4.88. The molecule has 0 spiro atoms. The van der Waals surface area contributed by atoms with E-state index >= 15 is 0 Å². The first-order chi connectivity index (χ1) is 10.7. The Morgan fingerprint density at radius 1 is 1.43 bits per heavy atom. The predicted molar refractivity (Wildman–Crippen MR) is 82.5 cm³/mol. The number of rotatable bonds is 8. The van der Waals surface area contributed by atoms with E-state index in [1.807, 2.05) is 0 Å². The minimum absolute atomic E-state index is 0.234. The zero-order valence-corrected chi connectivity index (χ0v) is 13.9. The Kier molecular flexibility index (Phi) is 6.61. The maximum Gasteiger partial charge on any atom is 0.273 e. The lowest BCUT2D eigenvalue weighted by molar-refractivity contribution is -0.385. The second-order valence-corrected chi connectivity index (χ2v) is 6.85. The highest BCUT2D eigenvalue weighted by Gasteiger charge is 2.25. The van der Waals surface area contributed by atoms with Crippen LogP contribution in [0.2, 0.25) is 0 Å². The molecule has 0 saturated heterocycles. The summed E-state index contributed by atoms with van der Waals surface area (Å²) in [6.45, 7) is 1.70. The zero-order valence-electron chi connectivity index (χ0n) is 13.1. The fourth-order valence-electron chi connectivity index (χ4n) is 1.76. The molecule has 0 unspecified atom stereocenters. The molecular formula is C13H19N3O6S. The Labute approximate surface area is 134 Å². The molecule has 1 amide bonds. The zero-order chi connectivity index (χ0) is 17.6. The molecule has 0 fully saturated rings. The van der Waals surface area contributed by atoms with Gasteiger partial charge < -0.3 is 10.1 Å². The van der Waals surface area contributed by atoms with Crippen molar-refractivity contribution in [1.29, 1.82) is 0 Å². The highest BCUT2D eigenvalue weighted by atomic mass is 32.2. The minimum Gasteiger partial charge on any atom is -0.383 e. The molecule has 0 aliphatic rings. The quantitative estimate of drug-likeness (QED) is 0.411. The second-order valence-electron chi connectivity index (χ2n) is 4.81. The number of nitrogens with one attached hydrogen (secondary N) is 1. The summed E-state index contributed by atoms with van der Waals surface area (Å²) in [6, 6.07) is 3.62. The Balaban J connectivity index is 2.91. The molecule has 0 aliphatic heterocycles. The molecular weight excluding hydrogens is 326 g/mol. The van der Waals surface area contributed by atoms with Crippen molar-refractivity contribution in [1.82, 2.24) is 9.62 Å². The number of likely N-dealkylation sites (N-methyl/N-ethyl adjacent to an activating group) is 1. The van der Waals surface area contributed by atoms with Gasteiger partial charge in [-0.05, 0) is 13.0 Å². The van der Waals surface area contributed by atoms with Gasteiger partial charge in [0.05, 0.1) is 23.0 Å². The summed E-state index contributed by atoms with van der Waals surface area (Å²) in [5.74, 6) is -0.491. The average Bonchev–Trinajstić information content (AvgIpc) is 2.47. The first-order valence-corrected chi connectivity index (χ1v) is 8.11. The van der Waals surface area contributed by atoms with E-state index in [0.717, 1.165) is 10.4 Å². The minimum atomic E-state index is -4.00. The number of methoxy groups -OCH3 is 1. The lowest BCUT2D eigenvalue weighted by atomic mass is 10.2. The number of hydrogen-bond donors (Lipinski definition) is 1. The SMILES string of the molecule is COCCNC(=O)CN(C)S(=O)(=O)c1ccc(C)c([N+](=O)[O-])c1. The van der Waals surface area contributed by atoms with Gasteiger partial charge in [0, 0.05) is 32.3 Å². The number of hydrogen-bond acceptors (Lipinski definition) is 6. The Bertz CT molecular complexity index is 689. The highest BCUT2D eigenvalue weighted by molar-refractivity contribution is 7.89. The summed E-state index contributed by atoms with van der Waals surface area (Å²) in [6.07, 6.45) is 0. The van der Waals surface area contributed by atoms with Crippen molar-refractivity contribution < 1.29 is 22.9 Å². The normalized spacial score (nSPS) is 11.5.